The molecule has 122 valence electrons. The average Bonchev–Trinajstić information content (AvgIpc) is 2.93. The lowest BCUT2D eigenvalue weighted by Gasteiger charge is -2.11. The summed E-state index contributed by atoms with van der Waals surface area (Å²) in [5.41, 5.74) is 2.81. The second-order valence-electron chi connectivity index (χ2n) is 5.72. The summed E-state index contributed by atoms with van der Waals surface area (Å²) in [6.45, 7) is 0. The summed E-state index contributed by atoms with van der Waals surface area (Å²) in [6, 6.07) is 8.67. The molecule has 0 aliphatic carbocycles. The van der Waals surface area contributed by atoms with Crippen LogP contribution in [-0.2, 0) is 7.05 Å². The van der Waals surface area contributed by atoms with Crippen molar-refractivity contribution in [2.24, 2.45) is 7.05 Å². The number of rotatable bonds is 4. The van der Waals surface area contributed by atoms with Crippen LogP contribution in [0.3, 0.4) is 0 Å². The number of anilines is 1. The van der Waals surface area contributed by atoms with Gasteiger partial charge in [-0.1, -0.05) is 6.07 Å². The molecule has 1 aromatic carbocycles. The van der Waals surface area contributed by atoms with Crippen LogP contribution in [0, 0.1) is 0 Å². The van der Waals surface area contributed by atoms with E-state index in [0.29, 0.717) is 0 Å². The van der Waals surface area contributed by atoms with Gasteiger partial charge < -0.3 is 14.6 Å². The molecular formula is C18H18N4O2. The summed E-state index contributed by atoms with van der Waals surface area (Å²) in [7, 11) is 5.86. The molecule has 0 bridgehead atoms. The first-order valence-corrected chi connectivity index (χ1v) is 7.47. The molecule has 24 heavy (non-hydrogen) atoms. The van der Waals surface area contributed by atoms with E-state index in [1.807, 2.05) is 61.1 Å². The van der Waals surface area contributed by atoms with Gasteiger partial charge in [0.2, 0.25) is 5.95 Å². The second kappa shape index (κ2) is 6.16. The van der Waals surface area contributed by atoms with E-state index < -0.39 is 5.97 Å². The van der Waals surface area contributed by atoms with Crippen molar-refractivity contribution in [1.82, 2.24) is 14.5 Å². The van der Waals surface area contributed by atoms with Crippen LogP contribution in [0.25, 0.3) is 23.1 Å². The van der Waals surface area contributed by atoms with Crippen LogP contribution in [0.1, 0.15) is 21.7 Å². The van der Waals surface area contributed by atoms with Gasteiger partial charge in [-0.25, -0.2) is 14.8 Å². The number of fused-ring (bicyclic) bond motifs is 1. The molecule has 0 fully saturated rings. The lowest BCUT2D eigenvalue weighted by Crippen LogP contribution is -2.14. The Morgan fingerprint density at radius 1 is 1.21 bits per heavy atom. The number of benzene rings is 1. The summed E-state index contributed by atoms with van der Waals surface area (Å²) in [5, 5.41) is 9.84. The largest absolute Gasteiger partial charge is 0.478 e. The van der Waals surface area contributed by atoms with Crippen molar-refractivity contribution in [2.75, 3.05) is 19.0 Å². The van der Waals surface area contributed by atoms with Crippen LogP contribution < -0.4 is 4.90 Å². The van der Waals surface area contributed by atoms with Crippen molar-refractivity contribution >= 4 is 35.0 Å². The lowest BCUT2D eigenvalue weighted by atomic mass is 10.1. The summed E-state index contributed by atoms with van der Waals surface area (Å²) >= 11 is 0. The topological polar surface area (TPSA) is 71.2 Å². The van der Waals surface area contributed by atoms with Crippen LogP contribution in [0.15, 0.2) is 36.5 Å². The number of aromatic carboxylic acids is 1. The molecule has 2 heterocycles. The smallest absolute Gasteiger partial charge is 0.335 e. The third-order valence-corrected chi connectivity index (χ3v) is 3.78. The Labute approximate surface area is 139 Å². The van der Waals surface area contributed by atoms with E-state index in [1.165, 1.54) is 0 Å². The molecule has 1 N–H and O–H groups in total. The Morgan fingerprint density at radius 2 is 2.00 bits per heavy atom. The van der Waals surface area contributed by atoms with Gasteiger partial charge in [0.1, 0.15) is 0 Å². The van der Waals surface area contributed by atoms with Gasteiger partial charge in [0.15, 0.2) is 0 Å². The van der Waals surface area contributed by atoms with Crippen molar-refractivity contribution in [3.63, 3.8) is 0 Å². The minimum Gasteiger partial charge on any atom is -0.478 e. The zero-order chi connectivity index (χ0) is 17.3. The summed E-state index contributed by atoms with van der Waals surface area (Å²) in [4.78, 5) is 21.9. The standard InChI is InChI=1S/C18H18N4O2/c1-21(2)18-19-11-15(22(18)3)8-7-14-6-4-12-10-13(17(23)24)5-9-16(12)20-14/h4-11H,1-3H3,(H,23,24)/b8-7+. The predicted octanol–water partition coefficient (Wildman–Crippen LogP) is 2.90. The molecule has 6 heteroatoms. The summed E-state index contributed by atoms with van der Waals surface area (Å²) in [6.07, 6.45) is 5.69. The number of hydrogen-bond acceptors (Lipinski definition) is 4. The highest BCUT2D eigenvalue weighted by molar-refractivity contribution is 5.93. The van der Waals surface area contributed by atoms with E-state index in [0.717, 1.165) is 28.2 Å². The Hall–Kier alpha value is -3.15. The first-order chi connectivity index (χ1) is 11.5. The van der Waals surface area contributed by atoms with Crippen molar-refractivity contribution in [3.8, 4) is 0 Å². The third kappa shape index (κ3) is 2.99. The van der Waals surface area contributed by atoms with Gasteiger partial charge in [0.25, 0.3) is 0 Å². The molecule has 0 aliphatic rings. The van der Waals surface area contributed by atoms with Gasteiger partial charge in [-0.15, -0.1) is 0 Å². The fourth-order valence-electron chi connectivity index (χ4n) is 2.52. The molecule has 2 aromatic heterocycles. The lowest BCUT2D eigenvalue weighted by molar-refractivity contribution is 0.0697. The molecular weight excluding hydrogens is 304 g/mol. The number of carboxylic acids is 1. The number of aromatic nitrogens is 3. The molecule has 0 aliphatic heterocycles. The molecule has 0 amide bonds. The Morgan fingerprint density at radius 3 is 2.67 bits per heavy atom. The van der Waals surface area contributed by atoms with E-state index in [9.17, 15) is 4.79 Å². The maximum Gasteiger partial charge on any atom is 0.335 e. The number of carboxylic acid groups (broad SMARTS) is 1. The second-order valence-corrected chi connectivity index (χ2v) is 5.72. The number of imidazole rings is 1. The van der Waals surface area contributed by atoms with Gasteiger partial charge in [-0.05, 0) is 36.4 Å². The van der Waals surface area contributed by atoms with Gasteiger partial charge in [0.05, 0.1) is 28.7 Å². The minimum absolute atomic E-state index is 0.263. The van der Waals surface area contributed by atoms with Crippen molar-refractivity contribution < 1.29 is 9.90 Å². The van der Waals surface area contributed by atoms with Gasteiger partial charge in [0, 0.05) is 26.5 Å². The number of carbonyl (C=O) groups is 1. The zero-order valence-corrected chi connectivity index (χ0v) is 13.8. The molecule has 3 rings (SSSR count). The molecule has 0 saturated heterocycles. The average molecular weight is 322 g/mol. The normalized spacial score (nSPS) is 11.3. The zero-order valence-electron chi connectivity index (χ0n) is 13.8. The summed E-state index contributed by atoms with van der Waals surface area (Å²) in [5.74, 6) is -0.0592. The van der Waals surface area contributed by atoms with Crippen molar-refractivity contribution in [1.29, 1.82) is 0 Å². The fraction of sp³-hybridized carbons (Fsp3) is 0.167. The van der Waals surface area contributed by atoms with Crippen LogP contribution in [0.2, 0.25) is 0 Å². The van der Waals surface area contributed by atoms with E-state index in [1.54, 1.807) is 18.2 Å². The maximum absolute atomic E-state index is 11.0. The SMILES string of the molecule is CN(C)c1ncc(/C=C/c2ccc3cc(C(=O)O)ccc3n2)n1C. The number of nitrogens with zero attached hydrogens (tertiary/aromatic N) is 4. The van der Waals surface area contributed by atoms with Crippen molar-refractivity contribution in [3.05, 3.63) is 53.5 Å². The van der Waals surface area contributed by atoms with Gasteiger partial charge in [-0.3, -0.25) is 0 Å². The predicted molar refractivity (Wildman–Crippen MR) is 95.2 cm³/mol. The van der Waals surface area contributed by atoms with Crippen LogP contribution in [0.5, 0.6) is 0 Å². The highest BCUT2D eigenvalue weighted by Gasteiger charge is 2.06. The molecule has 0 radical (unpaired) electrons. The Bertz CT molecular complexity index is 941. The molecule has 0 spiro atoms. The van der Waals surface area contributed by atoms with Crippen LogP contribution in [0.4, 0.5) is 5.95 Å². The Balaban J connectivity index is 1.90. The molecule has 0 saturated carbocycles. The van der Waals surface area contributed by atoms with Crippen molar-refractivity contribution in [2.45, 2.75) is 0 Å². The van der Waals surface area contributed by atoms with E-state index in [2.05, 4.69) is 9.97 Å². The Kier molecular flexibility index (Phi) is 4.04. The van der Waals surface area contributed by atoms with Gasteiger partial charge in [-0.2, -0.15) is 0 Å². The highest BCUT2D eigenvalue weighted by atomic mass is 16.4. The first-order valence-electron chi connectivity index (χ1n) is 7.47. The quantitative estimate of drug-likeness (QED) is 0.799. The molecule has 6 nitrogen and oxygen atoms in total. The maximum atomic E-state index is 11.0. The number of hydrogen-bond donors (Lipinski definition) is 1. The highest BCUT2D eigenvalue weighted by Crippen LogP contribution is 2.17. The molecule has 0 unspecified atom stereocenters. The fourth-order valence-corrected chi connectivity index (χ4v) is 2.52. The molecule has 3 aromatic rings. The van der Waals surface area contributed by atoms with E-state index in [4.69, 9.17) is 5.11 Å². The van der Waals surface area contributed by atoms with E-state index >= 15 is 0 Å². The van der Waals surface area contributed by atoms with Crippen LogP contribution >= 0.6 is 0 Å². The number of pyridine rings is 1. The van der Waals surface area contributed by atoms with E-state index in [-0.39, 0.29) is 5.56 Å². The van der Waals surface area contributed by atoms with Gasteiger partial charge >= 0.3 is 5.97 Å². The van der Waals surface area contributed by atoms with Crippen LogP contribution in [-0.4, -0.2) is 39.7 Å². The first kappa shape index (κ1) is 15.7. The molecule has 0 atom stereocenters. The minimum atomic E-state index is -0.936. The monoisotopic (exact) mass is 322 g/mol. The third-order valence-electron chi connectivity index (χ3n) is 3.78. The summed E-state index contributed by atoms with van der Waals surface area (Å²) < 4.78 is 2.00.